The Morgan fingerprint density at radius 3 is 0.920 bits per heavy atom. The van der Waals surface area contributed by atoms with Crippen molar-refractivity contribution in [3.05, 3.63) is 273 Å². The third-order valence-electron chi connectivity index (χ3n) is 15.0. The van der Waals surface area contributed by atoms with E-state index in [2.05, 4.69) is 267 Å². The molecule has 1 saturated heterocycles. The fourth-order valence-electron chi connectivity index (χ4n) is 11.6. The molecule has 0 amide bonds. The van der Waals surface area contributed by atoms with Crippen LogP contribution in [0.3, 0.4) is 0 Å². The molecule has 6 nitrogen and oxygen atoms in total. The van der Waals surface area contributed by atoms with Gasteiger partial charge in [-0.05, 0) is 6.92 Å². The Hall–Kier alpha value is -7.31. The van der Waals surface area contributed by atoms with Gasteiger partial charge in [-0.2, -0.15) is 0 Å². The van der Waals surface area contributed by atoms with Crippen LogP contribution in [0.2, 0.25) is 0 Å². The van der Waals surface area contributed by atoms with Crippen molar-refractivity contribution in [3.63, 3.8) is 0 Å². The number of carbonyl (C=O) groups excluding carboxylic acids is 1. The average molecular weight is 1030 g/mol. The van der Waals surface area contributed by atoms with Crippen LogP contribution in [0.4, 0.5) is 0 Å². The number of carboxylic acid groups (broad SMARTS) is 1. The Morgan fingerprint density at radius 1 is 0.453 bits per heavy atom. The van der Waals surface area contributed by atoms with E-state index < -0.39 is 16.8 Å². The fourth-order valence-corrected chi connectivity index (χ4v) is 13.4. The number of rotatable bonds is 10. The molecule has 0 unspecified atom stereocenters. The summed E-state index contributed by atoms with van der Waals surface area (Å²) in [6.07, 6.45) is 8.91. The third-order valence-corrected chi connectivity index (χ3v) is 16.7. The van der Waals surface area contributed by atoms with Crippen LogP contribution >= 0.6 is 0 Å². The summed E-state index contributed by atoms with van der Waals surface area (Å²) in [5.74, 6) is -0.437. The predicted octanol–water partition coefficient (Wildman–Crippen LogP) is 13.0. The topological polar surface area (TPSA) is 86.6 Å². The molecule has 8 aromatic rings. The normalized spacial score (nSPS) is 17.0. The molecule has 1 heterocycles. The van der Waals surface area contributed by atoms with Gasteiger partial charge in [-0.15, -0.1) is 0 Å². The van der Waals surface area contributed by atoms with Gasteiger partial charge in [0.05, 0.1) is 0 Å². The second kappa shape index (κ2) is 21.9. The van der Waals surface area contributed by atoms with E-state index in [0.717, 1.165) is 99.4 Å². The molecule has 10 rings (SSSR count). The van der Waals surface area contributed by atoms with Gasteiger partial charge in [-0.3, -0.25) is 0 Å². The molecule has 0 radical (unpaired) electrons. The zero-order valence-corrected chi connectivity index (χ0v) is 45.4. The number of phenolic OH excluding ortho intramolecular Hbond substituents is 2. The van der Waals surface area contributed by atoms with Crippen LogP contribution in [0.25, 0.3) is 0 Å². The van der Waals surface area contributed by atoms with Crippen molar-refractivity contribution in [3.8, 4) is 11.5 Å². The summed E-state index contributed by atoms with van der Waals surface area (Å²) in [4.78, 5) is 8.89. The van der Waals surface area contributed by atoms with Gasteiger partial charge in [-0.1, -0.05) is 0 Å². The first-order chi connectivity index (χ1) is 36.0. The van der Waals surface area contributed by atoms with Gasteiger partial charge < -0.3 is 9.90 Å². The SMILES string of the molecule is CC(=O)[O-].CC(C)(C)c1cc(C(c2ccccc2)(c2ccccc2)c2ccccc2)cc(C=[N+]2[Mn][N+](=Cc3cc(C(c4ccccc4)(c4ccccc4)c4ccccc4)cc(C(C)(C)C)c3O)[C@@H]3CCCC[C@H]32)c1O. The first kappa shape index (κ1) is 52.5. The van der Waals surface area contributed by atoms with Gasteiger partial charge in [0.2, 0.25) is 0 Å². The molecule has 75 heavy (non-hydrogen) atoms. The number of phenols is 2. The first-order valence-electron chi connectivity index (χ1n) is 26.2. The number of carboxylic acids is 1. The minimum absolute atomic E-state index is 0.208. The number of nitrogens with zero attached hydrogens (tertiary/aromatic N) is 2. The summed E-state index contributed by atoms with van der Waals surface area (Å²) in [7, 11) is 0. The number of hydrogen-bond donors (Lipinski definition) is 2. The molecule has 1 aliphatic heterocycles. The molecule has 2 atom stereocenters. The van der Waals surface area contributed by atoms with Crippen LogP contribution in [0.1, 0.15) is 141 Å². The zero-order chi connectivity index (χ0) is 53.0. The first-order valence-corrected chi connectivity index (χ1v) is 27.3. The summed E-state index contributed by atoms with van der Waals surface area (Å²) in [5, 5.41) is 34.1. The Bertz CT molecular complexity index is 2890. The van der Waals surface area contributed by atoms with Crippen LogP contribution in [0, 0.1) is 0 Å². The molecule has 1 saturated carbocycles. The average Bonchev–Trinajstić information content (AvgIpc) is 3.79. The molecule has 8 aromatic carbocycles. The molecule has 0 spiro atoms. The van der Waals surface area contributed by atoms with E-state index in [9.17, 15) is 10.2 Å². The van der Waals surface area contributed by atoms with Crippen molar-refractivity contribution < 1.29 is 42.7 Å². The fraction of sp³-hybridized carbons (Fsp3) is 0.250. The second-order valence-corrected chi connectivity index (χ2v) is 23.5. The van der Waals surface area contributed by atoms with Crippen LogP contribution in [-0.4, -0.2) is 47.9 Å². The van der Waals surface area contributed by atoms with E-state index in [-0.39, 0.29) is 38.3 Å². The Balaban J connectivity index is 0.00000166. The molecule has 2 N–H and O–H groups in total. The van der Waals surface area contributed by atoms with Crippen molar-refractivity contribution >= 4 is 18.4 Å². The summed E-state index contributed by atoms with van der Waals surface area (Å²) < 4.78 is 5.02. The Morgan fingerprint density at radius 2 is 0.693 bits per heavy atom. The van der Waals surface area contributed by atoms with Gasteiger partial charge in [0, 0.05) is 5.97 Å². The number of aliphatic carboxylic acids is 1. The third kappa shape index (κ3) is 10.4. The quantitative estimate of drug-likeness (QED) is 0.106. The van der Waals surface area contributed by atoms with Crippen LogP contribution in [-0.2, 0) is 41.8 Å². The van der Waals surface area contributed by atoms with Crippen LogP contribution in [0.15, 0.2) is 206 Å². The zero-order valence-electron chi connectivity index (χ0n) is 44.3. The van der Waals surface area contributed by atoms with Gasteiger partial charge in [-0.25, -0.2) is 0 Å². The second-order valence-electron chi connectivity index (χ2n) is 22.1. The van der Waals surface area contributed by atoms with Crippen molar-refractivity contribution in [2.24, 2.45) is 0 Å². The van der Waals surface area contributed by atoms with Crippen molar-refractivity contribution in [2.75, 3.05) is 0 Å². The molecule has 0 bridgehead atoms. The maximum atomic E-state index is 12.6. The number of carbonyl (C=O) groups is 1. The van der Waals surface area contributed by atoms with Crippen LogP contribution < -0.4 is 5.11 Å². The van der Waals surface area contributed by atoms with E-state index in [4.69, 9.17) is 9.90 Å². The Kier molecular flexibility index (Phi) is 15.3. The molecule has 7 heteroatoms. The standard InChI is InChI=1S/C66H66N2O2.C2H4O2.Mn/c1-63(2,3)57-43-55(65(49-27-13-7-14-28-49,50-29-15-8-16-30-50)51-31-17-9-18-32-51)41-47(61(57)69)45-67-59-39-25-26-40-60(59)68-46-48-42-56(44-58(62(48)70)64(4,5)6)66(52-33-19-10-20-34-52,53-35-21-11-22-36-53)54-37-23-12-24-38-54;1-2(3)4;/h7-24,27-38,41-46,59-60,69-70H,25-26,39-40H2,1-6H3;1H3,(H,3,4);/q;;+2/p-1/t59-,60-;;/m1../s1. The van der Waals surface area contributed by atoms with Crippen molar-refractivity contribution in [1.82, 2.24) is 0 Å². The maximum absolute atomic E-state index is 12.6. The Labute approximate surface area is 451 Å². The van der Waals surface area contributed by atoms with E-state index in [1.807, 2.05) is 0 Å². The van der Waals surface area contributed by atoms with Gasteiger partial charge in [0.1, 0.15) is 0 Å². The molecule has 1 aliphatic carbocycles. The number of hydrogen-bond acceptors (Lipinski definition) is 4. The molecule has 2 aliphatic rings. The van der Waals surface area contributed by atoms with E-state index in [1.54, 1.807) is 0 Å². The summed E-state index contributed by atoms with van der Waals surface area (Å²) >= 11 is 0.208. The summed E-state index contributed by atoms with van der Waals surface area (Å²) in [6.45, 7) is 14.2. The van der Waals surface area contributed by atoms with Crippen molar-refractivity contribution in [1.29, 1.82) is 0 Å². The monoisotopic (exact) mass is 1030 g/mol. The number of fused-ring (bicyclic) bond motifs is 1. The van der Waals surface area contributed by atoms with Crippen LogP contribution in [0.5, 0.6) is 11.5 Å². The van der Waals surface area contributed by atoms with Gasteiger partial charge >= 0.3 is 431 Å². The van der Waals surface area contributed by atoms with E-state index >= 15 is 0 Å². The van der Waals surface area contributed by atoms with Gasteiger partial charge in [0.25, 0.3) is 0 Å². The number of benzene rings is 8. The molecule has 0 aromatic heterocycles. The molecule has 381 valence electrons. The molecular weight excluding hydrogens is 964 g/mol. The van der Waals surface area contributed by atoms with Crippen molar-refractivity contribution in [2.45, 2.75) is 108 Å². The van der Waals surface area contributed by atoms with E-state index in [0.29, 0.717) is 11.5 Å². The predicted molar refractivity (Wildman–Crippen MR) is 298 cm³/mol. The summed E-state index contributed by atoms with van der Waals surface area (Å²) in [6, 6.07) is 74.6. The summed E-state index contributed by atoms with van der Waals surface area (Å²) in [5.41, 5.74) is 10.6. The molecule has 2 fully saturated rings. The van der Waals surface area contributed by atoms with Gasteiger partial charge in [0.15, 0.2) is 0 Å². The molecular formula is C68H69MnN2O4+. The van der Waals surface area contributed by atoms with E-state index in [1.165, 1.54) is 0 Å². The minimum atomic E-state index is -1.08. The number of aromatic hydroxyl groups is 2.